The van der Waals surface area contributed by atoms with Crippen LogP contribution in [-0.2, 0) is 12.5 Å². The summed E-state index contributed by atoms with van der Waals surface area (Å²) in [6, 6.07) is 64.3. The van der Waals surface area contributed by atoms with Crippen LogP contribution in [0.1, 0.15) is 37.5 Å². The number of benzene rings is 7. The van der Waals surface area contributed by atoms with E-state index in [-0.39, 0.29) is 5.41 Å². The Kier molecular flexibility index (Phi) is 8.86. The summed E-state index contributed by atoms with van der Waals surface area (Å²) in [6.07, 6.45) is 8.04. The zero-order valence-corrected chi connectivity index (χ0v) is 35.2. The van der Waals surface area contributed by atoms with Crippen molar-refractivity contribution in [3.05, 3.63) is 211 Å². The number of ether oxygens (including phenoxy) is 1. The number of imidazole rings is 1. The molecule has 0 radical (unpaired) electrons. The molecule has 5 nitrogen and oxygen atoms in total. The number of hydrogen-bond donors (Lipinski definition) is 0. The maximum absolute atomic E-state index is 7.38. The van der Waals surface area contributed by atoms with E-state index in [1.807, 2.05) is 7.05 Å². The smallest absolute Gasteiger partial charge is 0.244 e. The molecule has 0 atom stereocenters. The highest BCUT2D eigenvalue weighted by molar-refractivity contribution is 6.09. The van der Waals surface area contributed by atoms with E-state index in [1.54, 1.807) is 0 Å². The Morgan fingerprint density at radius 3 is 2.03 bits per heavy atom. The number of fused-ring (bicyclic) bond motifs is 7. The third kappa shape index (κ3) is 6.41. The monoisotopic (exact) mass is 800 g/mol. The maximum atomic E-state index is 7.38. The molecule has 10 aromatic rings. The summed E-state index contributed by atoms with van der Waals surface area (Å²) in [7, 11) is 2.04. The first-order valence-corrected chi connectivity index (χ1v) is 21.2. The van der Waals surface area contributed by atoms with Gasteiger partial charge in [0.25, 0.3) is 0 Å². The lowest BCUT2D eigenvalue weighted by atomic mass is 9.86. The summed E-state index contributed by atoms with van der Waals surface area (Å²) < 4.78 is 13.9. The van der Waals surface area contributed by atoms with Gasteiger partial charge in [-0.05, 0) is 81.3 Å². The van der Waals surface area contributed by atoms with E-state index in [1.165, 1.54) is 5.56 Å². The van der Waals surface area contributed by atoms with Gasteiger partial charge >= 0.3 is 0 Å². The van der Waals surface area contributed by atoms with Crippen molar-refractivity contribution in [3.63, 3.8) is 0 Å². The zero-order valence-electron chi connectivity index (χ0n) is 35.2. The van der Waals surface area contributed by atoms with Crippen LogP contribution in [0.4, 0.5) is 0 Å². The van der Waals surface area contributed by atoms with Gasteiger partial charge < -0.3 is 13.9 Å². The van der Waals surface area contributed by atoms with Crippen LogP contribution in [0, 0.1) is 6.33 Å². The second-order valence-corrected chi connectivity index (χ2v) is 17.1. The largest absolute Gasteiger partial charge is 0.457 e. The molecule has 0 fully saturated rings. The van der Waals surface area contributed by atoms with Crippen LogP contribution in [-0.4, -0.2) is 14.1 Å². The fourth-order valence-corrected chi connectivity index (χ4v) is 8.99. The van der Waals surface area contributed by atoms with E-state index < -0.39 is 0 Å². The van der Waals surface area contributed by atoms with Crippen molar-refractivity contribution in [2.45, 2.75) is 26.2 Å². The molecule has 7 aromatic carbocycles. The van der Waals surface area contributed by atoms with Crippen molar-refractivity contribution >= 4 is 50.4 Å². The standard InChI is InChI=1S/C57H44N4O/c1-57(2,3)41-33-49(39-20-9-6-10-21-39)58-55(34-41)61-50-27-14-13-24-46(50)47-31-30-43(36-53(47)61)62-54-35-42(60-37-59(4)51-28-15-16-29-52(51)60)32-40-22-11-12-23-44(40)48-26-17-25-45(56(48)54)38-18-7-5-8-19-38/h5-36H,1-4H3/b40-32?,42-32+,42-35?,48-44?,54-35?,56-54?. The van der Waals surface area contributed by atoms with Gasteiger partial charge in [0.05, 0.1) is 40.5 Å². The number of hydrogen-bond acceptors (Lipinski definition) is 2. The zero-order chi connectivity index (χ0) is 42.0. The Morgan fingerprint density at radius 1 is 0.565 bits per heavy atom. The predicted molar refractivity (Wildman–Crippen MR) is 255 cm³/mol. The summed E-state index contributed by atoms with van der Waals surface area (Å²) in [6.45, 7) is 6.79. The molecule has 0 saturated carbocycles. The lowest BCUT2D eigenvalue weighted by Gasteiger charge is -2.23. The SMILES string of the molecule is Cn1[c-][n+](/C2=C/c3ccccc3-c3cccc(-c4ccccc4)c3C(Oc3ccc4c5ccccc5n(-c5cc(C(C)(C)C)cc(-c6ccccc6)n5)c4c3)=C2)c2ccccc21. The molecule has 0 saturated heterocycles. The highest BCUT2D eigenvalue weighted by atomic mass is 16.5. The van der Waals surface area contributed by atoms with Crippen molar-refractivity contribution in [3.8, 4) is 45.1 Å². The van der Waals surface area contributed by atoms with Gasteiger partial charge in [-0.15, -0.1) is 0 Å². The molecular weight excluding hydrogens is 757 g/mol. The average molecular weight is 801 g/mol. The molecule has 1 aliphatic rings. The number of allylic oxidation sites excluding steroid dienone is 2. The van der Waals surface area contributed by atoms with Crippen LogP contribution in [0.5, 0.6) is 5.75 Å². The van der Waals surface area contributed by atoms with Gasteiger partial charge in [0.2, 0.25) is 6.33 Å². The number of nitrogens with zero attached hydrogens (tertiary/aromatic N) is 4. The molecule has 0 unspecified atom stereocenters. The molecule has 0 bridgehead atoms. The Hall–Kier alpha value is -7.76. The maximum Gasteiger partial charge on any atom is 0.244 e. The summed E-state index contributed by atoms with van der Waals surface area (Å²) in [5, 5.41) is 2.29. The van der Waals surface area contributed by atoms with Crippen LogP contribution in [0.2, 0.25) is 0 Å². The van der Waals surface area contributed by atoms with Gasteiger partial charge in [0, 0.05) is 28.0 Å². The third-order valence-corrected chi connectivity index (χ3v) is 12.1. The van der Waals surface area contributed by atoms with Crippen LogP contribution in [0.3, 0.4) is 0 Å². The number of aryl methyl sites for hydroxylation is 1. The second-order valence-electron chi connectivity index (χ2n) is 17.1. The van der Waals surface area contributed by atoms with E-state index in [9.17, 15) is 0 Å². The first-order valence-electron chi connectivity index (χ1n) is 21.2. The van der Waals surface area contributed by atoms with E-state index in [0.29, 0.717) is 0 Å². The van der Waals surface area contributed by atoms with Crippen molar-refractivity contribution in [2.75, 3.05) is 0 Å². The van der Waals surface area contributed by atoms with Crippen molar-refractivity contribution in [2.24, 2.45) is 7.05 Å². The molecular formula is C57H44N4O. The Labute approximate surface area is 361 Å². The predicted octanol–water partition coefficient (Wildman–Crippen LogP) is 13.5. The normalized spacial score (nSPS) is 13.5. The molecule has 0 amide bonds. The quantitative estimate of drug-likeness (QED) is 0.124. The number of aromatic nitrogens is 4. The van der Waals surface area contributed by atoms with Gasteiger partial charge in [0.15, 0.2) is 0 Å². The number of rotatable bonds is 6. The molecule has 1 aliphatic carbocycles. The van der Waals surface area contributed by atoms with E-state index in [4.69, 9.17) is 9.72 Å². The molecule has 11 rings (SSSR count). The van der Waals surface area contributed by atoms with Gasteiger partial charge in [0.1, 0.15) is 17.3 Å². The molecule has 298 valence electrons. The van der Waals surface area contributed by atoms with Crippen LogP contribution < -0.4 is 9.30 Å². The van der Waals surface area contributed by atoms with Crippen molar-refractivity contribution in [1.29, 1.82) is 0 Å². The Bertz CT molecular complexity index is 3420. The van der Waals surface area contributed by atoms with Gasteiger partial charge in [-0.1, -0.05) is 166 Å². The van der Waals surface area contributed by atoms with Gasteiger partial charge in [-0.2, -0.15) is 0 Å². The summed E-state index contributed by atoms with van der Waals surface area (Å²) in [5.74, 6) is 2.32. The fraction of sp³-hybridized carbons (Fsp3) is 0.0877. The highest BCUT2D eigenvalue weighted by Crippen LogP contribution is 2.43. The molecule has 0 N–H and O–H groups in total. The second kappa shape index (κ2) is 14.8. The minimum absolute atomic E-state index is 0.105. The van der Waals surface area contributed by atoms with E-state index in [0.717, 1.165) is 101 Å². The lowest BCUT2D eigenvalue weighted by molar-refractivity contribution is -0.554. The molecule has 3 heterocycles. The fourth-order valence-electron chi connectivity index (χ4n) is 8.99. The minimum Gasteiger partial charge on any atom is -0.457 e. The van der Waals surface area contributed by atoms with Crippen LogP contribution in [0.15, 0.2) is 188 Å². The van der Waals surface area contributed by atoms with Crippen molar-refractivity contribution < 1.29 is 9.30 Å². The first-order chi connectivity index (χ1) is 30.3. The van der Waals surface area contributed by atoms with Gasteiger partial charge in [-0.25, -0.2) is 4.98 Å². The highest BCUT2D eigenvalue weighted by Gasteiger charge is 2.24. The first kappa shape index (κ1) is 37.3. The lowest BCUT2D eigenvalue weighted by Crippen LogP contribution is -2.31. The van der Waals surface area contributed by atoms with E-state index >= 15 is 0 Å². The number of para-hydroxylation sites is 3. The number of pyridine rings is 1. The molecule has 5 heteroatoms. The van der Waals surface area contributed by atoms with Crippen molar-refractivity contribution in [1.82, 2.24) is 14.1 Å². The summed E-state index contributed by atoms with van der Waals surface area (Å²) >= 11 is 0. The van der Waals surface area contributed by atoms with Gasteiger partial charge in [-0.3, -0.25) is 4.57 Å². The minimum atomic E-state index is -0.105. The average Bonchev–Trinajstić information content (AvgIpc) is 3.82. The third-order valence-electron chi connectivity index (χ3n) is 12.1. The Balaban J connectivity index is 1.16. The molecule has 3 aromatic heterocycles. The van der Waals surface area contributed by atoms with Crippen LogP contribution in [0.25, 0.3) is 89.7 Å². The molecule has 62 heavy (non-hydrogen) atoms. The summed E-state index contributed by atoms with van der Waals surface area (Å²) in [5.41, 5.74) is 14.9. The topological polar surface area (TPSA) is 35.9 Å². The molecule has 0 aliphatic heterocycles. The van der Waals surface area contributed by atoms with E-state index in [2.05, 4.69) is 235 Å². The summed E-state index contributed by atoms with van der Waals surface area (Å²) in [4.78, 5) is 5.39. The Morgan fingerprint density at radius 2 is 1.23 bits per heavy atom. The van der Waals surface area contributed by atoms with Crippen LogP contribution >= 0.6 is 0 Å². The molecule has 0 spiro atoms.